The first kappa shape index (κ1) is 23.8. The average molecular weight is 426 g/mol. The van der Waals surface area contributed by atoms with E-state index in [1.807, 2.05) is 13.8 Å². The Labute approximate surface area is 181 Å². The van der Waals surface area contributed by atoms with Gasteiger partial charge in [0.25, 0.3) is 11.6 Å². The van der Waals surface area contributed by atoms with Gasteiger partial charge in [-0.3, -0.25) is 9.59 Å². The summed E-state index contributed by atoms with van der Waals surface area (Å²) in [5.41, 5.74) is 0.410. The molecule has 0 aliphatic carbocycles. The van der Waals surface area contributed by atoms with Crippen LogP contribution in [0.15, 0.2) is 48.5 Å². The van der Waals surface area contributed by atoms with Crippen molar-refractivity contribution in [1.29, 1.82) is 0 Å². The molecule has 164 valence electrons. The zero-order valence-electron chi connectivity index (χ0n) is 17.7. The lowest BCUT2D eigenvalue weighted by Gasteiger charge is -2.08. The van der Waals surface area contributed by atoms with E-state index in [1.54, 1.807) is 24.3 Å². The normalized spacial score (nSPS) is 10.3. The third-order valence-corrected chi connectivity index (χ3v) is 4.30. The smallest absolute Gasteiger partial charge is 0.379 e. The van der Waals surface area contributed by atoms with Crippen LogP contribution in [0.5, 0.6) is 11.5 Å². The van der Waals surface area contributed by atoms with Gasteiger partial charge in [-0.05, 0) is 61.4 Å². The minimum absolute atomic E-state index is 0.205. The summed E-state index contributed by atoms with van der Waals surface area (Å²) in [5, 5.41) is 0. The number of unbranched alkanes of at least 4 members (excludes halogenated alkanes) is 2. The molecule has 0 bridgehead atoms. The topological polar surface area (TPSA) is 96.0 Å². The molecule has 0 atom stereocenters. The van der Waals surface area contributed by atoms with Gasteiger partial charge >= 0.3 is 11.9 Å². The molecule has 0 saturated carbocycles. The Bertz CT molecular complexity index is 823. The summed E-state index contributed by atoms with van der Waals surface area (Å²) in [7, 11) is 0. The van der Waals surface area contributed by atoms with E-state index in [0.717, 1.165) is 12.8 Å². The van der Waals surface area contributed by atoms with Crippen molar-refractivity contribution in [1.82, 2.24) is 0 Å². The second kappa shape index (κ2) is 12.3. The monoisotopic (exact) mass is 426 g/mol. The van der Waals surface area contributed by atoms with E-state index in [9.17, 15) is 19.2 Å². The molecule has 0 amide bonds. The highest BCUT2D eigenvalue weighted by Crippen LogP contribution is 2.22. The van der Waals surface area contributed by atoms with Gasteiger partial charge in [0.1, 0.15) is 11.5 Å². The van der Waals surface area contributed by atoms with Gasteiger partial charge in [0, 0.05) is 11.1 Å². The molecule has 2 aromatic rings. The molecule has 0 saturated heterocycles. The Morgan fingerprint density at radius 1 is 0.613 bits per heavy atom. The molecule has 0 aliphatic rings. The van der Waals surface area contributed by atoms with Crippen molar-refractivity contribution in [2.24, 2.45) is 0 Å². The summed E-state index contributed by atoms with van der Waals surface area (Å²) in [6, 6.07) is 12.1. The highest BCUT2D eigenvalue weighted by Gasteiger charge is 2.19. The van der Waals surface area contributed by atoms with Crippen LogP contribution in [-0.2, 0) is 19.1 Å². The standard InChI is InChI=1S/C24H26O7/c1-3-5-15-29-23(27)21(25)17-7-11-19(12-8-17)31-20-13-9-18(10-14-20)22(26)24(28)30-16-6-4-2/h7-14H,3-6,15-16H2,1-2H3. The molecule has 0 unspecified atom stereocenters. The SMILES string of the molecule is CCCCOC(=O)C(=O)c1ccc(Oc2ccc(C(=O)C(=O)OCCCC)cc2)cc1. The van der Waals surface area contributed by atoms with Crippen LogP contribution in [0.25, 0.3) is 0 Å². The summed E-state index contributed by atoms with van der Waals surface area (Å²) in [4.78, 5) is 47.6. The second-order valence-corrected chi connectivity index (χ2v) is 6.79. The summed E-state index contributed by atoms with van der Waals surface area (Å²) in [6.45, 7) is 4.36. The van der Waals surface area contributed by atoms with Gasteiger partial charge in [0.05, 0.1) is 13.2 Å². The minimum atomic E-state index is -0.879. The van der Waals surface area contributed by atoms with Crippen LogP contribution in [0, 0.1) is 0 Å². The molecular formula is C24H26O7. The summed E-state index contributed by atoms with van der Waals surface area (Å²) in [5.74, 6) is -2.30. The first-order valence-electron chi connectivity index (χ1n) is 10.3. The molecule has 0 aliphatic heterocycles. The van der Waals surface area contributed by atoms with Gasteiger partial charge < -0.3 is 14.2 Å². The number of esters is 2. The lowest BCUT2D eigenvalue weighted by molar-refractivity contribution is -0.138. The fourth-order valence-corrected chi connectivity index (χ4v) is 2.47. The number of Topliss-reactive ketones (excluding diaryl/α,β-unsaturated/α-hetero) is 2. The third kappa shape index (κ3) is 7.37. The number of ketones is 2. The van der Waals surface area contributed by atoms with Crippen molar-refractivity contribution in [2.45, 2.75) is 39.5 Å². The van der Waals surface area contributed by atoms with Crippen molar-refractivity contribution in [3.8, 4) is 11.5 Å². The summed E-state index contributed by atoms with van der Waals surface area (Å²) in [6.07, 6.45) is 3.14. The Hall–Kier alpha value is -3.48. The Kier molecular flexibility index (Phi) is 9.42. The molecule has 7 nitrogen and oxygen atoms in total. The highest BCUT2D eigenvalue weighted by atomic mass is 16.5. The Morgan fingerprint density at radius 2 is 0.968 bits per heavy atom. The lowest BCUT2D eigenvalue weighted by atomic mass is 10.1. The maximum Gasteiger partial charge on any atom is 0.379 e. The van der Waals surface area contributed by atoms with E-state index < -0.39 is 23.5 Å². The van der Waals surface area contributed by atoms with Gasteiger partial charge in [-0.2, -0.15) is 0 Å². The lowest BCUT2D eigenvalue weighted by Crippen LogP contribution is -2.18. The Balaban J connectivity index is 1.93. The van der Waals surface area contributed by atoms with Crippen molar-refractivity contribution in [2.75, 3.05) is 13.2 Å². The van der Waals surface area contributed by atoms with Crippen LogP contribution >= 0.6 is 0 Å². The predicted octanol–water partition coefficient (Wildman–Crippen LogP) is 4.53. The zero-order valence-corrected chi connectivity index (χ0v) is 17.7. The average Bonchev–Trinajstić information content (AvgIpc) is 2.79. The molecule has 7 heteroatoms. The number of rotatable bonds is 12. The fourth-order valence-electron chi connectivity index (χ4n) is 2.47. The number of hydrogen-bond acceptors (Lipinski definition) is 7. The van der Waals surface area contributed by atoms with E-state index in [0.29, 0.717) is 24.3 Å². The van der Waals surface area contributed by atoms with Crippen molar-refractivity contribution in [3.05, 3.63) is 59.7 Å². The largest absolute Gasteiger partial charge is 0.460 e. The number of carbonyl (C=O) groups is 4. The fraction of sp³-hybridized carbons (Fsp3) is 0.333. The van der Waals surface area contributed by atoms with E-state index >= 15 is 0 Å². The van der Waals surface area contributed by atoms with Crippen molar-refractivity contribution < 1.29 is 33.4 Å². The summed E-state index contributed by atoms with van der Waals surface area (Å²) < 4.78 is 15.5. The van der Waals surface area contributed by atoms with Gasteiger partial charge in [-0.15, -0.1) is 0 Å². The quantitative estimate of drug-likeness (QED) is 0.213. The molecular weight excluding hydrogens is 400 g/mol. The first-order valence-corrected chi connectivity index (χ1v) is 10.3. The number of benzene rings is 2. The van der Waals surface area contributed by atoms with E-state index in [-0.39, 0.29) is 24.3 Å². The van der Waals surface area contributed by atoms with E-state index in [4.69, 9.17) is 14.2 Å². The van der Waals surface area contributed by atoms with Crippen LogP contribution in [-0.4, -0.2) is 36.7 Å². The molecule has 0 radical (unpaired) electrons. The van der Waals surface area contributed by atoms with E-state index in [1.165, 1.54) is 24.3 Å². The van der Waals surface area contributed by atoms with Crippen molar-refractivity contribution in [3.63, 3.8) is 0 Å². The molecule has 2 rings (SSSR count). The minimum Gasteiger partial charge on any atom is -0.460 e. The number of hydrogen-bond donors (Lipinski definition) is 0. The van der Waals surface area contributed by atoms with Crippen LogP contribution in [0.2, 0.25) is 0 Å². The first-order chi connectivity index (χ1) is 15.0. The Morgan fingerprint density at radius 3 is 1.29 bits per heavy atom. The van der Waals surface area contributed by atoms with Crippen molar-refractivity contribution >= 4 is 23.5 Å². The zero-order chi connectivity index (χ0) is 22.6. The predicted molar refractivity (Wildman–Crippen MR) is 113 cm³/mol. The molecule has 2 aromatic carbocycles. The maximum absolute atomic E-state index is 12.1. The molecule has 0 heterocycles. The molecule has 0 N–H and O–H groups in total. The van der Waals surface area contributed by atoms with Gasteiger partial charge in [-0.1, -0.05) is 26.7 Å². The molecule has 0 aromatic heterocycles. The molecule has 0 spiro atoms. The third-order valence-electron chi connectivity index (χ3n) is 4.30. The second-order valence-electron chi connectivity index (χ2n) is 6.79. The van der Waals surface area contributed by atoms with Gasteiger partial charge in [-0.25, -0.2) is 9.59 Å². The van der Waals surface area contributed by atoms with Crippen LogP contribution < -0.4 is 4.74 Å². The number of ether oxygens (including phenoxy) is 3. The summed E-state index contributed by atoms with van der Waals surface area (Å²) >= 11 is 0. The molecule has 31 heavy (non-hydrogen) atoms. The molecule has 0 fully saturated rings. The highest BCUT2D eigenvalue weighted by molar-refractivity contribution is 6.41. The van der Waals surface area contributed by atoms with Crippen LogP contribution in [0.4, 0.5) is 0 Å². The maximum atomic E-state index is 12.1. The van der Waals surface area contributed by atoms with Crippen LogP contribution in [0.1, 0.15) is 60.2 Å². The van der Waals surface area contributed by atoms with Gasteiger partial charge in [0.15, 0.2) is 0 Å². The number of carbonyl (C=O) groups excluding carboxylic acids is 4. The van der Waals surface area contributed by atoms with Crippen LogP contribution in [0.3, 0.4) is 0 Å². The van der Waals surface area contributed by atoms with E-state index in [2.05, 4.69) is 0 Å². The van der Waals surface area contributed by atoms with Gasteiger partial charge in [0.2, 0.25) is 0 Å².